The predicted octanol–water partition coefficient (Wildman–Crippen LogP) is 2.15. The van der Waals surface area contributed by atoms with Crippen molar-refractivity contribution in [1.82, 2.24) is 5.32 Å². The number of esters is 1. The zero-order valence-electron chi connectivity index (χ0n) is 18.3. The van der Waals surface area contributed by atoms with Crippen LogP contribution in [-0.2, 0) is 24.3 Å². The highest BCUT2D eigenvalue weighted by Crippen LogP contribution is 2.15. The zero-order chi connectivity index (χ0) is 24.4. The maximum absolute atomic E-state index is 12.8. The van der Waals surface area contributed by atoms with E-state index in [1.54, 1.807) is 37.3 Å². The van der Waals surface area contributed by atoms with Gasteiger partial charge in [0.05, 0.1) is 4.90 Å². The highest BCUT2D eigenvalue weighted by atomic mass is 32.2. The van der Waals surface area contributed by atoms with Crippen LogP contribution in [0.15, 0.2) is 59.5 Å². The number of amides is 2. The second-order valence-electron chi connectivity index (χ2n) is 7.07. The van der Waals surface area contributed by atoms with Crippen molar-refractivity contribution in [2.75, 3.05) is 17.3 Å². The second kappa shape index (κ2) is 12.4. The van der Waals surface area contributed by atoms with Gasteiger partial charge in [-0.1, -0.05) is 25.1 Å². The number of ether oxygens (including phenoxy) is 1. The molecule has 2 rings (SSSR count). The van der Waals surface area contributed by atoms with E-state index in [0.29, 0.717) is 23.4 Å². The highest BCUT2D eigenvalue weighted by molar-refractivity contribution is 7.98. The van der Waals surface area contributed by atoms with Crippen molar-refractivity contribution in [2.45, 2.75) is 36.8 Å². The Kier molecular flexibility index (Phi) is 9.89. The molecule has 2 amide bonds. The van der Waals surface area contributed by atoms with Crippen LogP contribution in [0.4, 0.5) is 5.69 Å². The first kappa shape index (κ1) is 26.4. The number of sulfonamides is 1. The summed E-state index contributed by atoms with van der Waals surface area (Å²) in [7, 11) is -3.85. The van der Waals surface area contributed by atoms with Crippen molar-refractivity contribution in [3.8, 4) is 0 Å². The fraction of sp³-hybridized carbons (Fsp3) is 0.318. The summed E-state index contributed by atoms with van der Waals surface area (Å²) in [5, 5.41) is 10.3. The molecule has 178 valence electrons. The Morgan fingerprint density at radius 1 is 1.06 bits per heavy atom. The molecule has 0 saturated carbocycles. The number of nitrogens with one attached hydrogen (secondary N) is 2. The van der Waals surface area contributed by atoms with Crippen molar-refractivity contribution in [3.63, 3.8) is 0 Å². The standard InChI is InChI=1S/C22H27N3O6S2/c1-3-19(21(27)24-16-9-11-17(12-10-16)33(23,29)30)31-22(28)18(13-14-32-2)25-20(26)15-7-5-4-6-8-15/h4-12,18-19H,3,13-14H2,1-2H3,(H,24,27)(H,25,26)(H2,23,29,30)/t18-,19-/m1/s1. The number of carbonyl (C=O) groups excluding carboxylic acids is 3. The van der Waals surface area contributed by atoms with E-state index >= 15 is 0 Å². The van der Waals surface area contributed by atoms with Crippen molar-refractivity contribution in [2.24, 2.45) is 5.14 Å². The van der Waals surface area contributed by atoms with Crippen molar-refractivity contribution < 1.29 is 27.5 Å². The Morgan fingerprint density at radius 2 is 1.70 bits per heavy atom. The first-order valence-electron chi connectivity index (χ1n) is 10.1. The van der Waals surface area contributed by atoms with E-state index in [4.69, 9.17) is 9.88 Å². The van der Waals surface area contributed by atoms with Crippen LogP contribution in [0.5, 0.6) is 0 Å². The average Bonchev–Trinajstić information content (AvgIpc) is 2.80. The second-order valence-corrected chi connectivity index (χ2v) is 9.61. The van der Waals surface area contributed by atoms with Crippen LogP contribution in [0, 0.1) is 0 Å². The van der Waals surface area contributed by atoms with Gasteiger partial charge in [0.1, 0.15) is 6.04 Å². The summed E-state index contributed by atoms with van der Waals surface area (Å²) in [6.45, 7) is 1.68. The van der Waals surface area contributed by atoms with Gasteiger partial charge in [-0.3, -0.25) is 9.59 Å². The Labute approximate surface area is 197 Å². The summed E-state index contributed by atoms with van der Waals surface area (Å²) in [5.74, 6) is -1.09. The van der Waals surface area contributed by atoms with Crippen molar-refractivity contribution >= 4 is 45.3 Å². The van der Waals surface area contributed by atoms with E-state index in [0.717, 1.165) is 0 Å². The minimum atomic E-state index is -3.85. The van der Waals surface area contributed by atoms with Crippen LogP contribution in [0.2, 0.25) is 0 Å². The highest BCUT2D eigenvalue weighted by Gasteiger charge is 2.28. The Morgan fingerprint density at radius 3 is 2.24 bits per heavy atom. The number of benzene rings is 2. The number of carbonyl (C=O) groups is 3. The maximum atomic E-state index is 12.8. The molecule has 0 aliphatic rings. The van der Waals surface area contributed by atoms with Crippen LogP contribution in [-0.4, -0.2) is 50.4 Å². The van der Waals surface area contributed by atoms with Gasteiger partial charge in [-0.2, -0.15) is 11.8 Å². The van der Waals surface area contributed by atoms with E-state index in [-0.39, 0.29) is 11.3 Å². The Bertz CT molecular complexity index is 1060. The Hall–Kier alpha value is -2.89. The van der Waals surface area contributed by atoms with Crippen LogP contribution in [0.1, 0.15) is 30.1 Å². The maximum Gasteiger partial charge on any atom is 0.329 e. The van der Waals surface area contributed by atoms with Crippen LogP contribution < -0.4 is 15.8 Å². The van der Waals surface area contributed by atoms with E-state index in [2.05, 4.69) is 10.6 Å². The minimum absolute atomic E-state index is 0.0928. The summed E-state index contributed by atoms with van der Waals surface area (Å²) in [6.07, 6.45) is 1.33. The number of hydrogen-bond acceptors (Lipinski definition) is 7. The number of nitrogens with two attached hydrogens (primary N) is 1. The molecular formula is C22H27N3O6S2. The molecule has 2 atom stereocenters. The molecule has 0 bridgehead atoms. The average molecular weight is 494 g/mol. The summed E-state index contributed by atoms with van der Waals surface area (Å²) < 4.78 is 28.1. The molecule has 2 aromatic carbocycles. The lowest BCUT2D eigenvalue weighted by Gasteiger charge is -2.21. The van der Waals surface area contributed by atoms with Gasteiger partial charge in [-0.05, 0) is 61.2 Å². The van der Waals surface area contributed by atoms with Gasteiger partial charge in [0.25, 0.3) is 11.8 Å². The fourth-order valence-electron chi connectivity index (χ4n) is 2.81. The van der Waals surface area contributed by atoms with E-state index < -0.39 is 40.0 Å². The van der Waals surface area contributed by atoms with Gasteiger partial charge in [0.2, 0.25) is 10.0 Å². The third kappa shape index (κ3) is 8.19. The van der Waals surface area contributed by atoms with Gasteiger partial charge in [-0.15, -0.1) is 0 Å². The largest absolute Gasteiger partial charge is 0.451 e. The lowest BCUT2D eigenvalue weighted by Crippen LogP contribution is -2.45. The first-order valence-corrected chi connectivity index (χ1v) is 13.1. The summed E-state index contributed by atoms with van der Waals surface area (Å²) in [5.41, 5.74) is 0.727. The summed E-state index contributed by atoms with van der Waals surface area (Å²) in [4.78, 5) is 37.8. The van der Waals surface area contributed by atoms with Gasteiger partial charge in [-0.25, -0.2) is 18.4 Å². The van der Waals surface area contributed by atoms with E-state index in [1.807, 2.05) is 6.26 Å². The Balaban J connectivity index is 2.05. The molecule has 4 N–H and O–H groups in total. The molecule has 2 aromatic rings. The molecule has 0 aliphatic heterocycles. The smallest absolute Gasteiger partial charge is 0.329 e. The van der Waals surface area contributed by atoms with Crippen LogP contribution in [0.25, 0.3) is 0 Å². The number of hydrogen-bond donors (Lipinski definition) is 3. The number of rotatable bonds is 11. The molecule has 0 fully saturated rings. The molecular weight excluding hydrogens is 466 g/mol. The van der Waals surface area contributed by atoms with E-state index in [9.17, 15) is 22.8 Å². The first-order chi connectivity index (χ1) is 15.7. The quantitative estimate of drug-likeness (QED) is 0.407. The number of primary sulfonamides is 1. The molecule has 0 aliphatic carbocycles. The molecule has 0 saturated heterocycles. The monoisotopic (exact) mass is 493 g/mol. The molecule has 33 heavy (non-hydrogen) atoms. The number of thioether (sulfide) groups is 1. The van der Waals surface area contributed by atoms with Gasteiger partial charge in [0, 0.05) is 11.3 Å². The minimum Gasteiger partial charge on any atom is -0.451 e. The van der Waals surface area contributed by atoms with Gasteiger partial charge >= 0.3 is 5.97 Å². The predicted molar refractivity (Wildman–Crippen MR) is 127 cm³/mol. The van der Waals surface area contributed by atoms with Crippen molar-refractivity contribution in [3.05, 3.63) is 60.2 Å². The lowest BCUT2D eigenvalue weighted by molar-refractivity contribution is -0.156. The molecule has 9 nitrogen and oxygen atoms in total. The topological polar surface area (TPSA) is 145 Å². The van der Waals surface area contributed by atoms with Crippen LogP contribution in [0.3, 0.4) is 0 Å². The molecule has 0 unspecified atom stereocenters. The molecule has 0 heterocycles. The zero-order valence-corrected chi connectivity index (χ0v) is 19.9. The van der Waals surface area contributed by atoms with Crippen LogP contribution >= 0.6 is 11.8 Å². The molecule has 11 heteroatoms. The fourth-order valence-corrected chi connectivity index (χ4v) is 3.80. The molecule has 0 spiro atoms. The molecule has 0 radical (unpaired) electrons. The molecule has 0 aromatic heterocycles. The van der Waals surface area contributed by atoms with Gasteiger partial charge in [0.15, 0.2) is 6.10 Å². The SMILES string of the molecule is CC[C@@H](OC(=O)[C@@H](CCSC)NC(=O)c1ccccc1)C(=O)Nc1ccc(S(N)(=O)=O)cc1. The lowest BCUT2D eigenvalue weighted by atomic mass is 10.1. The number of anilines is 1. The third-order valence-electron chi connectivity index (χ3n) is 4.61. The van der Waals surface area contributed by atoms with Crippen molar-refractivity contribution in [1.29, 1.82) is 0 Å². The summed E-state index contributed by atoms with van der Waals surface area (Å²) in [6, 6.07) is 12.9. The van der Waals surface area contributed by atoms with E-state index in [1.165, 1.54) is 36.0 Å². The third-order valence-corrected chi connectivity index (χ3v) is 6.18. The summed E-state index contributed by atoms with van der Waals surface area (Å²) >= 11 is 1.52. The van der Waals surface area contributed by atoms with Gasteiger partial charge < -0.3 is 15.4 Å². The normalized spacial score (nSPS) is 12.9.